The molecule has 1 amide bonds. The molecule has 1 aromatic heterocycles. The molecule has 19 heavy (non-hydrogen) atoms. The molecule has 0 bridgehead atoms. The fourth-order valence-electron chi connectivity index (χ4n) is 1.65. The van der Waals surface area contributed by atoms with Gasteiger partial charge in [-0.1, -0.05) is 30.3 Å². The molecule has 0 unspecified atom stereocenters. The lowest BCUT2D eigenvalue weighted by molar-refractivity contribution is 0.105. The van der Waals surface area contributed by atoms with E-state index >= 15 is 0 Å². The SMILES string of the molecule is CN(CCc1ccco1)C(=O)OCc1ccccc1. The minimum Gasteiger partial charge on any atom is -0.469 e. The maximum atomic E-state index is 11.7. The second-order valence-electron chi connectivity index (χ2n) is 4.29. The third-order valence-corrected chi connectivity index (χ3v) is 2.79. The Bertz CT molecular complexity index is 493. The molecule has 0 saturated heterocycles. The van der Waals surface area contributed by atoms with E-state index < -0.39 is 0 Å². The summed E-state index contributed by atoms with van der Waals surface area (Å²) in [5.74, 6) is 0.864. The first kappa shape index (κ1) is 13.2. The summed E-state index contributed by atoms with van der Waals surface area (Å²) in [7, 11) is 1.72. The lowest BCUT2D eigenvalue weighted by Gasteiger charge is -2.16. The van der Waals surface area contributed by atoms with Crippen LogP contribution >= 0.6 is 0 Å². The number of rotatable bonds is 5. The van der Waals surface area contributed by atoms with Gasteiger partial charge in [-0.25, -0.2) is 4.79 Å². The van der Waals surface area contributed by atoms with Crippen LogP contribution in [-0.2, 0) is 17.8 Å². The lowest BCUT2D eigenvalue weighted by Crippen LogP contribution is -2.29. The third kappa shape index (κ3) is 4.17. The van der Waals surface area contributed by atoms with Crippen LogP contribution in [-0.4, -0.2) is 24.6 Å². The van der Waals surface area contributed by atoms with E-state index in [1.807, 2.05) is 42.5 Å². The standard InChI is InChI=1S/C15H17NO3/c1-16(10-9-14-8-5-11-18-14)15(17)19-12-13-6-3-2-4-7-13/h2-8,11H,9-10,12H2,1H3. The Morgan fingerprint density at radius 2 is 2.00 bits per heavy atom. The first-order valence-electron chi connectivity index (χ1n) is 6.20. The summed E-state index contributed by atoms with van der Waals surface area (Å²) < 4.78 is 10.4. The number of ether oxygens (including phenoxy) is 1. The molecule has 2 aromatic rings. The van der Waals surface area contributed by atoms with Crippen molar-refractivity contribution in [2.75, 3.05) is 13.6 Å². The van der Waals surface area contributed by atoms with Crippen LogP contribution in [0.25, 0.3) is 0 Å². The molecule has 0 aliphatic carbocycles. The Morgan fingerprint density at radius 3 is 2.68 bits per heavy atom. The fraction of sp³-hybridized carbons (Fsp3) is 0.267. The van der Waals surface area contributed by atoms with E-state index in [0.717, 1.165) is 11.3 Å². The number of nitrogens with zero attached hydrogens (tertiary/aromatic N) is 1. The highest BCUT2D eigenvalue weighted by Gasteiger charge is 2.10. The topological polar surface area (TPSA) is 42.7 Å². The van der Waals surface area contributed by atoms with Crippen LogP contribution in [0.1, 0.15) is 11.3 Å². The van der Waals surface area contributed by atoms with Gasteiger partial charge in [0.1, 0.15) is 12.4 Å². The molecule has 0 spiro atoms. The summed E-state index contributed by atoms with van der Waals surface area (Å²) in [6.45, 7) is 0.867. The fourth-order valence-corrected chi connectivity index (χ4v) is 1.65. The van der Waals surface area contributed by atoms with Crippen molar-refractivity contribution in [2.45, 2.75) is 13.0 Å². The van der Waals surface area contributed by atoms with E-state index in [0.29, 0.717) is 19.6 Å². The zero-order chi connectivity index (χ0) is 13.5. The maximum Gasteiger partial charge on any atom is 0.409 e. The van der Waals surface area contributed by atoms with E-state index in [9.17, 15) is 4.79 Å². The average Bonchev–Trinajstić information content (AvgIpc) is 2.96. The molecule has 100 valence electrons. The van der Waals surface area contributed by atoms with Gasteiger partial charge in [-0.15, -0.1) is 0 Å². The van der Waals surface area contributed by atoms with Gasteiger partial charge in [0.15, 0.2) is 0 Å². The summed E-state index contributed by atoms with van der Waals surface area (Å²) >= 11 is 0. The quantitative estimate of drug-likeness (QED) is 0.828. The molecule has 1 aromatic carbocycles. The van der Waals surface area contributed by atoms with Crippen LogP contribution in [0.4, 0.5) is 4.79 Å². The van der Waals surface area contributed by atoms with E-state index in [4.69, 9.17) is 9.15 Å². The molecule has 1 heterocycles. The van der Waals surface area contributed by atoms with Crippen molar-refractivity contribution in [1.29, 1.82) is 0 Å². The number of furan rings is 1. The number of likely N-dealkylation sites (N-methyl/N-ethyl adjacent to an activating group) is 1. The summed E-state index contributed by atoms with van der Waals surface area (Å²) in [6.07, 6.45) is 1.99. The summed E-state index contributed by atoms with van der Waals surface area (Å²) in [6, 6.07) is 13.4. The van der Waals surface area contributed by atoms with Gasteiger partial charge < -0.3 is 14.1 Å². The van der Waals surface area contributed by atoms with Gasteiger partial charge in [0.05, 0.1) is 6.26 Å². The molecule has 0 fully saturated rings. The van der Waals surface area contributed by atoms with Crippen molar-refractivity contribution >= 4 is 6.09 Å². The van der Waals surface area contributed by atoms with Gasteiger partial charge in [-0.05, 0) is 17.7 Å². The first-order chi connectivity index (χ1) is 9.25. The Labute approximate surface area is 112 Å². The molecule has 0 aliphatic rings. The van der Waals surface area contributed by atoms with E-state index in [1.165, 1.54) is 0 Å². The Balaban J connectivity index is 1.73. The highest BCUT2D eigenvalue weighted by atomic mass is 16.6. The van der Waals surface area contributed by atoms with Crippen molar-refractivity contribution in [1.82, 2.24) is 4.90 Å². The van der Waals surface area contributed by atoms with E-state index in [-0.39, 0.29) is 6.09 Å². The number of hydrogen-bond acceptors (Lipinski definition) is 3. The maximum absolute atomic E-state index is 11.7. The average molecular weight is 259 g/mol. The lowest BCUT2D eigenvalue weighted by atomic mass is 10.2. The summed E-state index contributed by atoms with van der Waals surface area (Å²) in [5.41, 5.74) is 0.982. The molecule has 4 nitrogen and oxygen atoms in total. The Morgan fingerprint density at radius 1 is 1.21 bits per heavy atom. The predicted molar refractivity (Wildman–Crippen MR) is 71.7 cm³/mol. The van der Waals surface area contributed by atoms with Crippen molar-refractivity contribution in [3.8, 4) is 0 Å². The van der Waals surface area contributed by atoms with Gasteiger partial charge in [-0.2, -0.15) is 0 Å². The normalized spacial score (nSPS) is 10.2. The van der Waals surface area contributed by atoms with Crippen molar-refractivity contribution in [2.24, 2.45) is 0 Å². The molecule has 0 atom stereocenters. The Hall–Kier alpha value is -2.23. The van der Waals surface area contributed by atoms with Crippen LogP contribution in [0.2, 0.25) is 0 Å². The molecular formula is C15H17NO3. The van der Waals surface area contributed by atoms with Gasteiger partial charge in [0.25, 0.3) is 0 Å². The number of amides is 1. The zero-order valence-corrected chi connectivity index (χ0v) is 10.9. The Kier molecular flexibility index (Phi) is 4.61. The van der Waals surface area contributed by atoms with Crippen molar-refractivity contribution < 1.29 is 13.9 Å². The molecule has 0 aliphatic heterocycles. The molecule has 2 rings (SSSR count). The molecule has 0 radical (unpaired) electrons. The third-order valence-electron chi connectivity index (χ3n) is 2.79. The van der Waals surface area contributed by atoms with Gasteiger partial charge >= 0.3 is 6.09 Å². The first-order valence-corrected chi connectivity index (χ1v) is 6.20. The van der Waals surface area contributed by atoms with Crippen LogP contribution in [0.3, 0.4) is 0 Å². The molecular weight excluding hydrogens is 242 g/mol. The monoisotopic (exact) mass is 259 g/mol. The number of hydrogen-bond donors (Lipinski definition) is 0. The van der Waals surface area contributed by atoms with Gasteiger partial charge in [0.2, 0.25) is 0 Å². The van der Waals surface area contributed by atoms with Crippen molar-refractivity contribution in [3.05, 3.63) is 60.1 Å². The number of benzene rings is 1. The largest absolute Gasteiger partial charge is 0.469 e. The zero-order valence-electron chi connectivity index (χ0n) is 10.9. The highest BCUT2D eigenvalue weighted by molar-refractivity contribution is 5.67. The molecule has 4 heteroatoms. The van der Waals surface area contributed by atoms with Gasteiger partial charge in [-0.3, -0.25) is 0 Å². The van der Waals surface area contributed by atoms with E-state index in [1.54, 1.807) is 18.2 Å². The highest BCUT2D eigenvalue weighted by Crippen LogP contribution is 2.05. The van der Waals surface area contributed by atoms with Crippen LogP contribution in [0, 0.1) is 0 Å². The van der Waals surface area contributed by atoms with Crippen LogP contribution in [0.15, 0.2) is 53.1 Å². The second kappa shape index (κ2) is 6.64. The minimum atomic E-state index is -0.324. The van der Waals surface area contributed by atoms with Crippen LogP contribution in [0.5, 0.6) is 0 Å². The number of carbonyl (C=O) groups is 1. The van der Waals surface area contributed by atoms with Gasteiger partial charge in [0, 0.05) is 20.0 Å². The van der Waals surface area contributed by atoms with Crippen molar-refractivity contribution in [3.63, 3.8) is 0 Å². The second-order valence-corrected chi connectivity index (χ2v) is 4.29. The summed E-state index contributed by atoms with van der Waals surface area (Å²) in [5, 5.41) is 0. The molecule has 0 N–H and O–H groups in total. The predicted octanol–water partition coefficient (Wildman–Crippen LogP) is 3.09. The minimum absolute atomic E-state index is 0.296. The summed E-state index contributed by atoms with van der Waals surface area (Å²) in [4.78, 5) is 13.3. The van der Waals surface area contributed by atoms with Crippen LogP contribution < -0.4 is 0 Å². The molecule has 0 saturated carbocycles. The number of carbonyl (C=O) groups excluding carboxylic acids is 1. The van der Waals surface area contributed by atoms with E-state index in [2.05, 4.69) is 0 Å². The smallest absolute Gasteiger partial charge is 0.409 e.